The van der Waals surface area contributed by atoms with E-state index < -0.39 is 11.8 Å². The Bertz CT molecular complexity index is 559. The van der Waals surface area contributed by atoms with E-state index >= 15 is 0 Å². The summed E-state index contributed by atoms with van der Waals surface area (Å²) in [6, 6.07) is 9.60. The monoisotopic (exact) mass is 318 g/mol. The zero-order chi connectivity index (χ0) is 16.7. The molecule has 6 heteroatoms. The molecule has 1 heterocycles. The first-order valence-corrected chi connectivity index (χ1v) is 7.89. The fourth-order valence-electron chi connectivity index (χ4n) is 2.53. The number of esters is 1. The van der Waals surface area contributed by atoms with Gasteiger partial charge in [-0.25, -0.2) is 0 Å². The molecule has 2 rings (SSSR count). The van der Waals surface area contributed by atoms with Crippen molar-refractivity contribution in [2.24, 2.45) is 0 Å². The molecule has 0 spiro atoms. The van der Waals surface area contributed by atoms with Crippen LogP contribution in [0.3, 0.4) is 0 Å². The summed E-state index contributed by atoms with van der Waals surface area (Å²) < 4.78 is 4.85. The number of benzene rings is 1. The Morgan fingerprint density at radius 1 is 1.09 bits per heavy atom. The molecule has 0 radical (unpaired) electrons. The average Bonchev–Trinajstić information content (AvgIpc) is 2.55. The number of amides is 2. The largest absolute Gasteiger partial charge is 0.466 e. The Labute approximate surface area is 136 Å². The molecule has 1 saturated heterocycles. The lowest BCUT2D eigenvalue weighted by Gasteiger charge is -2.33. The molecule has 0 atom stereocenters. The van der Waals surface area contributed by atoms with Gasteiger partial charge in [-0.15, -0.1) is 0 Å². The molecule has 1 aliphatic heterocycles. The Morgan fingerprint density at radius 3 is 2.43 bits per heavy atom. The first kappa shape index (κ1) is 17.0. The molecule has 1 aromatic rings. The Kier molecular flexibility index (Phi) is 6.14. The van der Waals surface area contributed by atoms with Crippen LogP contribution in [0.4, 0.5) is 0 Å². The van der Waals surface area contributed by atoms with E-state index in [2.05, 4.69) is 0 Å². The van der Waals surface area contributed by atoms with Gasteiger partial charge in [0.05, 0.1) is 6.61 Å². The van der Waals surface area contributed by atoms with Gasteiger partial charge in [-0.1, -0.05) is 30.3 Å². The quantitative estimate of drug-likeness (QED) is 0.560. The highest BCUT2D eigenvalue weighted by atomic mass is 16.5. The van der Waals surface area contributed by atoms with Crippen molar-refractivity contribution in [1.82, 2.24) is 9.80 Å². The topological polar surface area (TPSA) is 66.9 Å². The molecule has 0 saturated carbocycles. The van der Waals surface area contributed by atoms with Crippen LogP contribution in [0.25, 0.3) is 0 Å². The maximum absolute atomic E-state index is 12.2. The number of hydrogen-bond donors (Lipinski definition) is 0. The molecule has 1 aliphatic rings. The van der Waals surface area contributed by atoms with Gasteiger partial charge in [-0.3, -0.25) is 14.4 Å². The van der Waals surface area contributed by atoms with Crippen molar-refractivity contribution in [3.05, 3.63) is 35.9 Å². The van der Waals surface area contributed by atoms with Crippen molar-refractivity contribution in [1.29, 1.82) is 0 Å². The lowest BCUT2D eigenvalue weighted by atomic mass is 10.2. The summed E-state index contributed by atoms with van der Waals surface area (Å²) in [7, 11) is 0. The van der Waals surface area contributed by atoms with Gasteiger partial charge in [0.2, 0.25) is 0 Å². The molecule has 1 aromatic carbocycles. The van der Waals surface area contributed by atoms with Crippen molar-refractivity contribution in [2.45, 2.75) is 26.3 Å². The van der Waals surface area contributed by atoms with Gasteiger partial charge in [0.1, 0.15) is 0 Å². The summed E-state index contributed by atoms with van der Waals surface area (Å²) in [5, 5.41) is 0. The predicted octanol–water partition coefficient (Wildman–Crippen LogP) is 1.20. The van der Waals surface area contributed by atoms with Crippen molar-refractivity contribution in [3.63, 3.8) is 0 Å². The first-order chi connectivity index (χ1) is 11.1. The highest BCUT2D eigenvalue weighted by Crippen LogP contribution is 2.11. The minimum atomic E-state index is -0.490. The second-order valence-electron chi connectivity index (χ2n) is 5.41. The molecule has 23 heavy (non-hydrogen) atoms. The van der Waals surface area contributed by atoms with Gasteiger partial charge in [-0.05, 0) is 18.9 Å². The van der Waals surface area contributed by atoms with E-state index in [0.29, 0.717) is 39.2 Å². The number of rotatable bonds is 7. The van der Waals surface area contributed by atoms with Crippen molar-refractivity contribution < 1.29 is 19.1 Å². The summed E-state index contributed by atoms with van der Waals surface area (Å²) in [4.78, 5) is 38.7. The second-order valence-corrected chi connectivity index (χ2v) is 5.41. The zero-order valence-corrected chi connectivity index (χ0v) is 13.4. The third-order valence-corrected chi connectivity index (χ3v) is 3.73. The second kappa shape index (κ2) is 8.31. The Balaban J connectivity index is 1.81. The summed E-state index contributed by atoms with van der Waals surface area (Å²) >= 11 is 0. The third kappa shape index (κ3) is 4.81. The van der Waals surface area contributed by atoms with Gasteiger partial charge >= 0.3 is 17.8 Å². The summed E-state index contributed by atoms with van der Waals surface area (Å²) in [5.74, 6) is -1.23. The molecule has 0 bridgehead atoms. The van der Waals surface area contributed by atoms with Crippen molar-refractivity contribution in [2.75, 3.05) is 26.2 Å². The first-order valence-electron chi connectivity index (χ1n) is 7.89. The number of ether oxygens (including phenoxy) is 1. The van der Waals surface area contributed by atoms with Crippen molar-refractivity contribution >= 4 is 17.8 Å². The van der Waals surface area contributed by atoms with Gasteiger partial charge < -0.3 is 14.5 Å². The van der Waals surface area contributed by atoms with Crippen LogP contribution in [0.15, 0.2) is 30.3 Å². The SMILES string of the molecule is CCOC(=O)CCCN1CCN(Cc2ccccc2)C(=O)C1=O. The molecule has 6 nitrogen and oxygen atoms in total. The van der Waals surface area contributed by atoms with Gasteiger partial charge in [0, 0.05) is 32.6 Å². The normalized spacial score (nSPS) is 15.0. The predicted molar refractivity (Wildman–Crippen MR) is 84.3 cm³/mol. The number of carbonyl (C=O) groups is 3. The van der Waals surface area contributed by atoms with E-state index in [9.17, 15) is 14.4 Å². The van der Waals surface area contributed by atoms with E-state index in [1.54, 1.807) is 11.8 Å². The maximum Gasteiger partial charge on any atom is 0.312 e. The van der Waals surface area contributed by atoms with E-state index in [1.165, 1.54) is 4.90 Å². The fourth-order valence-corrected chi connectivity index (χ4v) is 2.53. The van der Waals surface area contributed by atoms with Crippen LogP contribution >= 0.6 is 0 Å². The lowest BCUT2D eigenvalue weighted by molar-refractivity contribution is -0.156. The minimum Gasteiger partial charge on any atom is -0.466 e. The van der Waals surface area contributed by atoms with Crippen LogP contribution in [0.1, 0.15) is 25.3 Å². The van der Waals surface area contributed by atoms with E-state index in [4.69, 9.17) is 4.74 Å². The van der Waals surface area contributed by atoms with Gasteiger partial charge in [0.25, 0.3) is 0 Å². The van der Waals surface area contributed by atoms with Gasteiger partial charge in [-0.2, -0.15) is 0 Å². The van der Waals surface area contributed by atoms with E-state index in [0.717, 1.165) is 5.56 Å². The highest BCUT2D eigenvalue weighted by Gasteiger charge is 2.32. The number of hydrogen-bond acceptors (Lipinski definition) is 4. The zero-order valence-electron chi connectivity index (χ0n) is 13.4. The minimum absolute atomic E-state index is 0.263. The maximum atomic E-state index is 12.2. The average molecular weight is 318 g/mol. The summed E-state index contributed by atoms with van der Waals surface area (Å²) in [6.07, 6.45) is 0.774. The standard InChI is InChI=1S/C17H22N2O4/c1-2-23-15(20)9-6-10-18-11-12-19(17(22)16(18)21)13-14-7-4-3-5-8-14/h3-5,7-8H,2,6,9-13H2,1H3. The molecule has 124 valence electrons. The summed E-state index contributed by atoms with van der Waals surface area (Å²) in [6.45, 7) is 3.98. The van der Waals surface area contributed by atoms with Gasteiger partial charge in [0.15, 0.2) is 0 Å². The molecule has 0 N–H and O–H groups in total. The number of piperazine rings is 1. The Hall–Kier alpha value is -2.37. The fraction of sp³-hybridized carbons (Fsp3) is 0.471. The smallest absolute Gasteiger partial charge is 0.312 e. The number of nitrogens with zero attached hydrogens (tertiary/aromatic N) is 2. The van der Waals surface area contributed by atoms with Crippen LogP contribution in [-0.4, -0.2) is 53.8 Å². The Morgan fingerprint density at radius 2 is 1.74 bits per heavy atom. The van der Waals surface area contributed by atoms with Crippen LogP contribution in [0.5, 0.6) is 0 Å². The molecule has 0 aromatic heterocycles. The van der Waals surface area contributed by atoms with Crippen LogP contribution in [0, 0.1) is 0 Å². The van der Waals surface area contributed by atoms with Crippen LogP contribution in [-0.2, 0) is 25.7 Å². The summed E-state index contributed by atoms with van der Waals surface area (Å²) in [5.41, 5.74) is 1.00. The van der Waals surface area contributed by atoms with E-state index in [-0.39, 0.29) is 12.4 Å². The third-order valence-electron chi connectivity index (χ3n) is 3.73. The van der Waals surface area contributed by atoms with Crippen molar-refractivity contribution in [3.8, 4) is 0 Å². The molecule has 0 unspecified atom stereocenters. The molecular formula is C17H22N2O4. The van der Waals surface area contributed by atoms with Crippen LogP contribution in [0.2, 0.25) is 0 Å². The number of carbonyl (C=O) groups excluding carboxylic acids is 3. The van der Waals surface area contributed by atoms with Crippen LogP contribution < -0.4 is 0 Å². The molecular weight excluding hydrogens is 296 g/mol. The molecule has 2 amide bonds. The highest BCUT2D eigenvalue weighted by molar-refractivity contribution is 6.35. The lowest BCUT2D eigenvalue weighted by Crippen LogP contribution is -2.54. The van der Waals surface area contributed by atoms with E-state index in [1.807, 2.05) is 30.3 Å². The molecule has 1 fully saturated rings. The molecule has 0 aliphatic carbocycles.